The molecule has 0 N–H and O–H groups in total. The third-order valence-corrected chi connectivity index (χ3v) is 3.20. The molecule has 0 unspecified atom stereocenters. The number of anilines is 1. The number of hydrogen-bond donors (Lipinski definition) is 0. The third-order valence-electron chi connectivity index (χ3n) is 3.20. The van der Waals surface area contributed by atoms with Crippen LogP contribution in [0.3, 0.4) is 0 Å². The molecule has 1 aromatic rings. The molecular weight excluding hydrogens is 216 g/mol. The van der Waals surface area contributed by atoms with Crippen molar-refractivity contribution in [3.8, 4) is 0 Å². The second-order valence-electron chi connectivity index (χ2n) is 4.57. The van der Waals surface area contributed by atoms with Gasteiger partial charge in [0.1, 0.15) is 0 Å². The van der Waals surface area contributed by atoms with Gasteiger partial charge in [-0.3, -0.25) is 4.79 Å². The lowest BCUT2D eigenvalue weighted by Crippen LogP contribution is -2.35. The zero-order valence-corrected chi connectivity index (χ0v) is 10.1. The third kappa shape index (κ3) is 1.56. The molecule has 0 spiro atoms. The van der Waals surface area contributed by atoms with E-state index in [1.54, 1.807) is 17.0 Å². The van der Waals surface area contributed by atoms with E-state index in [2.05, 4.69) is 10.0 Å². The van der Waals surface area contributed by atoms with Crippen LogP contribution in [-0.4, -0.2) is 12.5 Å². The lowest BCUT2D eigenvalue weighted by Gasteiger charge is -2.18. The van der Waals surface area contributed by atoms with Gasteiger partial charge in [-0.1, -0.05) is 11.2 Å². The second kappa shape index (κ2) is 3.79. The quantitative estimate of drug-likeness (QED) is 0.436. The van der Waals surface area contributed by atoms with Gasteiger partial charge in [0.05, 0.1) is 5.41 Å². The second-order valence-corrected chi connectivity index (χ2v) is 4.57. The SMILES string of the molecule is CCN1C(=O)C(C)(C)c2cc(N=[N+]=[N-])ccc21. The summed E-state index contributed by atoms with van der Waals surface area (Å²) in [5.74, 6) is 0.0908. The average Bonchev–Trinajstić information content (AvgIpc) is 2.49. The molecule has 0 bridgehead atoms. The number of nitrogens with zero attached hydrogens (tertiary/aromatic N) is 4. The summed E-state index contributed by atoms with van der Waals surface area (Å²) in [5, 5.41) is 3.58. The number of azide groups is 1. The van der Waals surface area contributed by atoms with Crippen LogP contribution >= 0.6 is 0 Å². The van der Waals surface area contributed by atoms with Crippen molar-refractivity contribution >= 4 is 17.3 Å². The minimum atomic E-state index is -0.549. The number of likely N-dealkylation sites (N-methyl/N-ethyl adjacent to an activating group) is 1. The van der Waals surface area contributed by atoms with Crippen molar-refractivity contribution in [2.24, 2.45) is 5.11 Å². The van der Waals surface area contributed by atoms with Crippen molar-refractivity contribution in [3.63, 3.8) is 0 Å². The van der Waals surface area contributed by atoms with Crippen LogP contribution in [0.1, 0.15) is 26.3 Å². The molecule has 5 nitrogen and oxygen atoms in total. The summed E-state index contributed by atoms with van der Waals surface area (Å²) in [7, 11) is 0. The number of rotatable bonds is 2. The number of carbonyl (C=O) groups excluding carboxylic acids is 1. The van der Waals surface area contributed by atoms with Crippen molar-refractivity contribution in [1.29, 1.82) is 0 Å². The van der Waals surface area contributed by atoms with Crippen LogP contribution in [0.2, 0.25) is 0 Å². The Balaban J connectivity index is 2.63. The minimum absolute atomic E-state index is 0.0908. The maximum absolute atomic E-state index is 12.2. The molecule has 2 rings (SSSR count). The van der Waals surface area contributed by atoms with Crippen molar-refractivity contribution in [2.75, 3.05) is 11.4 Å². The monoisotopic (exact) mass is 230 g/mol. The number of carbonyl (C=O) groups is 1. The van der Waals surface area contributed by atoms with E-state index < -0.39 is 5.41 Å². The van der Waals surface area contributed by atoms with E-state index in [4.69, 9.17) is 5.53 Å². The van der Waals surface area contributed by atoms with Gasteiger partial charge in [0.2, 0.25) is 5.91 Å². The van der Waals surface area contributed by atoms with E-state index >= 15 is 0 Å². The van der Waals surface area contributed by atoms with Gasteiger partial charge in [0.25, 0.3) is 0 Å². The minimum Gasteiger partial charge on any atom is -0.312 e. The molecule has 1 aliphatic rings. The zero-order chi connectivity index (χ0) is 12.6. The first kappa shape index (κ1) is 11.5. The smallest absolute Gasteiger partial charge is 0.237 e. The Labute approximate surface area is 99.7 Å². The van der Waals surface area contributed by atoms with E-state index in [0.29, 0.717) is 12.2 Å². The predicted octanol–water partition coefficient (Wildman–Crippen LogP) is 3.27. The molecule has 0 saturated carbocycles. The summed E-state index contributed by atoms with van der Waals surface area (Å²) >= 11 is 0. The molecule has 0 aromatic heterocycles. The molecule has 0 saturated heterocycles. The highest BCUT2D eigenvalue weighted by Crippen LogP contribution is 2.42. The van der Waals surface area contributed by atoms with Crippen LogP contribution in [-0.2, 0) is 10.2 Å². The van der Waals surface area contributed by atoms with E-state index in [1.165, 1.54) is 0 Å². The Morgan fingerprint density at radius 1 is 1.47 bits per heavy atom. The number of amides is 1. The Bertz CT molecular complexity index is 529. The highest BCUT2D eigenvalue weighted by Gasteiger charge is 2.43. The fourth-order valence-corrected chi connectivity index (χ4v) is 2.25. The lowest BCUT2D eigenvalue weighted by molar-refractivity contribution is -0.122. The van der Waals surface area contributed by atoms with Crippen molar-refractivity contribution < 1.29 is 4.79 Å². The summed E-state index contributed by atoms with van der Waals surface area (Å²) in [6.07, 6.45) is 0. The maximum atomic E-state index is 12.2. The molecule has 0 aliphatic carbocycles. The first-order chi connectivity index (χ1) is 8.02. The number of benzene rings is 1. The maximum Gasteiger partial charge on any atom is 0.237 e. The fraction of sp³-hybridized carbons (Fsp3) is 0.417. The van der Waals surface area contributed by atoms with Gasteiger partial charge in [0, 0.05) is 22.8 Å². The van der Waals surface area contributed by atoms with Crippen LogP contribution in [0.25, 0.3) is 10.4 Å². The summed E-state index contributed by atoms with van der Waals surface area (Å²) in [4.78, 5) is 16.7. The molecule has 0 atom stereocenters. The van der Waals surface area contributed by atoms with Gasteiger partial charge in [-0.25, -0.2) is 0 Å². The highest BCUT2D eigenvalue weighted by molar-refractivity contribution is 6.07. The van der Waals surface area contributed by atoms with Crippen LogP contribution in [0.15, 0.2) is 23.3 Å². The summed E-state index contributed by atoms with van der Waals surface area (Å²) in [6, 6.07) is 5.37. The zero-order valence-electron chi connectivity index (χ0n) is 10.1. The largest absolute Gasteiger partial charge is 0.312 e. The molecule has 1 aliphatic heterocycles. The molecule has 0 radical (unpaired) electrons. The summed E-state index contributed by atoms with van der Waals surface area (Å²) in [5.41, 5.74) is 10.3. The fourth-order valence-electron chi connectivity index (χ4n) is 2.25. The van der Waals surface area contributed by atoms with Crippen LogP contribution < -0.4 is 4.90 Å². The van der Waals surface area contributed by atoms with Gasteiger partial charge in [-0.05, 0) is 44.0 Å². The lowest BCUT2D eigenvalue weighted by atomic mass is 9.86. The number of fused-ring (bicyclic) bond motifs is 1. The van der Waals surface area contributed by atoms with Crippen LogP contribution in [0, 0.1) is 0 Å². The molecule has 1 amide bonds. The van der Waals surface area contributed by atoms with Gasteiger partial charge in [-0.15, -0.1) is 0 Å². The normalized spacial score (nSPS) is 16.6. The van der Waals surface area contributed by atoms with Crippen molar-refractivity contribution in [1.82, 2.24) is 0 Å². The Morgan fingerprint density at radius 3 is 2.76 bits per heavy atom. The van der Waals surface area contributed by atoms with Crippen molar-refractivity contribution in [3.05, 3.63) is 34.2 Å². The Morgan fingerprint density at radius 2 is 2.18 bits per heavy atom. The summed E-state index contributed by atoms with van der Waals surface area (Å²) in [6.45, 7) is 6.38. The molecule has 1 aromatic carbocycles. The van der Waals surface area contributed by atoms with E-state index in [9.17, 15) is 4.79 Å². The van der Waals surface area contributed by atoms with Gasteiger partial charge in [0.15, 0.2) is 0 Å². The predicted molar refractivity (Wildman–Crippen MR) is 66.3 cm³/mol. The van der Waals surface area contributed by atoms with E-state index in [-0.39, 0.29) is 5.91 Å². The van der Waals surface area contributed by atoms with Gasteiger partial charge < -0.3 is 4.90 Å². The molecule has 17 heavy (non-hydrogen) atoms. The first-order valence-corrected chi connectivity index (χ1v) is 5.54. The van der Waals surface area contributed by atoms with E-state index in [1.807, 2.05) is 26.8 Å². The van der Waals surface area contributed by atoms with Crippen LogP contribution in [0.5, 0.6) is 0 Å². The highest BCUT2D eigenvalue weighted by atomic mass is 16.2. The van der Waals surface area contributed by atoms with Crippen LogP contribution in [0.4, 0.5) is 11.4 Å². The molecule has 0 fully saturated rings. The Kier molecular flexibility index (Phi) is 2.56. The standard InChI is InChI=1S/C12H14N4O/c1-4-16-10-6-5-8(14-15-13)7-9(10)12(2,3)11(16)17/h5-7H,4H2,1-3H3. The Hall–Kier alpha value is -2.00. The first-order valence-electron chi connectivity index (χ1n) is 5.54. The number of hydrogen-bond acceptors (Lipinski definition) is 2. The molecule has 5 heteroatoms. The van der Waals surface area contributed by atoms with E-state index in [0.717, 1.165) is 11.3 Å². The molecule has 88 valence electrons. The molecular formula is C12H14N4O. The van der Waals surface area contributed by atoms with Crippen molar-refractivity contribution in [2.45, 2.75) is 26.2 Å². The van der Waals surface area contributed by atoms with Gasteiger partial charge in [-0.2, -0.15) is 0 Å². The molecule has 1 heterocycles. The topological polar surface area (TPSA) is 69.1 Å². The average molecular weight is 230 g/mol. The summed E-state index contributed by atoms with van der Waals surface area (Å²) < 4.78 is 0. The van der Waals surface area contributed by atoms with Gasteiger partial charge >= 0.3 is 0 Å².